The fraction of sp³-hybridized carbons (Fsp3) is 0.373. The van der Waals surface area contributed by atoms with Crippen LogP contribution in [0.15, 0.2) is 100 Å². The Morgan fingerprint density at radius 2 is 1.69 bits per heavy atom. The number of phosphoric acid groups is 3. The van der Waals surface area contributed by atoms with Crippen LogP contribution in [0.5, 0.6) is 0 Å². The molecule has 4 aliphatic rings. The number of hydrogen-bond acceptors (Lipinski definition) is 17. The summed E-state index contributed by atoms with van der Waals surface area (Å²) in [4.78, 5) is 55.4. The van der Waals surface area contributed by atoms with E-state index in [-0.39, 0.29) is 35.1 Å². The predicted octanol–water partition coefficient (Wildman–Crippen LogP) is 5.06. The van der Waals surface area contributed by atoms with E-state index in [0.717, 1.165) is 73.7 Å². The summed E-state index contributed by atoms with van der Waals surface area (Å²) in [5, 5.41) is 33.4. The molecule has 7 rings (SSSR count). The first-order chi connectivity index (χ1) is 37.5. The minimum Gasteiger partial charge on any atom is -0.456 e. The number of fused-ring (bicyclic) bond motifs is 2. The molecule has 80 heavy (non-hydrogen) atoms. The minimum atomic E-state index is -5.84. The lowest BCUT2D eigenvalue weighted by Crippen LogP contribution is -2.36. The molecule has 1 aliphatic carbocycles. The topological polar surface area (TPSA) is 380 Å². The zero-order valence-corrected chi connectivity index (χ0v) is 47.6. The molecular weight excluding hydrogens is 1120 g/mol. The molecule has 3 aromatic rings. The smallest absolute Gasteiger partial charge is 0.456 e. The first kappa shape index (κ1) is 61.7. The highest BCUT2D eigenvalue weighted by molar-refractivity contribution is 7.85. The van der Waals surface area contributed by atoms with E-state index < -0.39 is 75.8 Å². The second-order valence-corrected chi connectivity index (χ2v) is 25.0. The number of nitrogens with one attached hydrogen (secondary N) is 2. The van der Waals surface area contributed by atoms with E-state index in [9.17, 15) is 51.5 Å². The Bertz CT molecular complexity index is 3640. The van der Waals surface area contributed by atoms with Crippen LogP contribution in [0.2, 0.25) is 0 Å². The molecule has 1 amide bonds. The van der Waals surface area contributed by atoms with Gasteiger partial charge < -0.3 is 54.9 Å². The van der Waals surface area contributed by atoms with E-state index in [1.54, 1.807) is 6.07 Å². The number of rotatable bonds is 21. The van der Waals surface area contributed by atoms with Crippen molar-refractivity contribution in [2.45, 2.75) is 95.2 Å². The summed E-state index contributed by atoms with van der Waals surface area (Å²) < 4.78 is 96.6. The number of amides is 1. The summed E-state index contributed by atoms with van der Waals surface area (Å²) in [5.41, 5.74) is 10.9. The molecule has 1 saturated heterocycles. The second kappa shape index (κ2) is 25.1. The van der Waals surface area contributed by atoms with Crippen molar-refractivity contribution in [3.63, 3.8) is 0 Å². The summed E-state index contributed by atoms with van der Waals surface area (Å²) in [5.74, 6) is 6.43. The van der Waals surface area contributed by atoms with E-state index in [0.29, 0.717) is 25.8 Å². The van der Waals surface area contributed by atoms with Gasteiger partial charge in [-0.3, -0.25) is 23.8 Å². The van der Waals surface area contributed by atoms with Gasteiger partial charge in [-0.15, -0.1) is 0 Å². The quantitative estimate of drug-likeness (QED) is 0.0151. The van der Waals surface area contributed by atoms with Gasteiger partial charge in [-0.25, -0.2) is 18.3 Å². The van der Waals surface area contributed by atoms with Crippen LogP contribution in [0.25, 0.3) is 28.7 Å². The second-order valence-electron chi connectivity index (χ2n) is 19.1. The Morgan fingerprint density at radius 3 is 2.36 bits per heavy atom. The standard InChI is InChI=1S/C51H62N7O18P3S/c1-6-56(7-2)35-22-24-38-37(32(3)47(73-41(38)28-35)33-16-10-8-11-17-33)19-14-20-43-51(4,5)39-29-36(80(69,70)71)23-25-40(39)57(43)27-13-9-12-21-44(59)54-26-15-18-34-30-58(50(53)55-48(34)52)49-46(61)45(60)42(74-49)31-72-78(65,66)76-79(67,68)75-77(62,63)64/h8,10-11,14,16-17,19-20,22-25,28-30,42,45-46,49,60-61H,6-7,9,12-13,21,26-27,31H2,1-5H3,(H8-,52,53,54,55,59,62,63,64,65,66,67,68,69,70,71)/p+1/t42-,45-,46-,49-/m1/s1. The van der Waals surface area contributed by atoms with Crippen LogP contribution in [0.3, 0.4) is 0 Å². The first-order valence-corrected chi connectivity index (χ1v) is 31.0. The number of phosphoric ester groups is 1. The van der Waals surface area contributed by atoms with E-state index in [2.05, 4.69) is 82.9 Å². The molecule has 1 aromatic heterocycles. The number of carbonyl (C=O) groups is 1. The molecule has 11 N–H and O–H groups in total. The molecule has 430 valence electrons. The normalized spacial score (nSPS) is 20.1. The van der Waals surface area contributed by atoms with Crippen LogP contribution in [0.1, 0.15) is 81.9 Å². The van der Waals surface area contributed by atoms with Gasteiger partial charge in [-0.2, -0.15) is 22.0 Å². The summed E-state index contributed by atoms with van der Waals surface area (Å²) in [7, 11) is -21.6. The van der Waals surface area contributed by atoms with Crippen LogP contribution < -0.4 is 31.5 Å². The zero-order chi connectivity index (χ0) is 58.5. The number of hydrogen-bond donors (Lipinski definition) is 10. The maximum absolute atomic E-state index is 12.9. The molecular formula is C51H63N7O18P3S+. The van der Waals surface area contributed by atoms with Crippen molar-refractivity contribution in [3.05, 3.63) is 124 Å². The molecule has 3 aliphatic heterocycles. The van der Waals surface area contributed by atoms with Crippen molar-refractivity contribution in [1.82, 2.24) is 19.4 Å². The number of ether oxygens (including phenoxy) is 1. The molecule has 1 fully saturated rings. The molecule has 0 bridgehead atoms. The van der Waals surface area contributed by atoms with Crippen molar-refractivity contribution in [1.29, 1.82) is 5.41 Å². The summed E-state index contributed by atoms with van der Waals surface area (Å²) in [6.07, 6.45) is 2.27. The predicted molar refractivity (Wildman–Crippen MR) is 292 cm³/mol. The number of nitrogens with two attached hydrogens (primary N) is 1. The maximum Gasteiger partial charge on any atom is 0.490 e. The molecule has 0 spiro atoms. The monoisotopic (exact) mass is 1190 g/mol. The number of aromatic nitrogens is 2. The number of nitrogens with zero attached hydrogens (tertiary/aromatic N) is 4. The van der Waals surface area contributed by atoms with Gasteiger partial charge >= 0.3 is 23.5 Å². The van der Waals surface area contributed by atoms with Gasteiger partial charge in [0.15, 0.2) is 6.23 Å². The van der Waals surface area contributed by atoms with E-state index in [4.69, 9.17) is 30.1 Å². The largest absolute Gasteiger partial charge is 0.490 e. The van der Waals surface area contributed by atoms with Gasteiger partial charge in [0.25, 0.3) is 10.1 Å². The third-order valence-electron chi connectivity index (χ3n) is 13.4. The highest BCUT2D eigenvalue weighted by Crippen LogP contribution is 2.66. The molecule has 6 atom stereocenters. The van der Waals surface area contributed by atoms with Gasteiger partial charge in [0.2, 0.25) is 16.9 Å². The van der Waals surface area contributed by atoms with Gasteiger partial charge in [-0.05, 0) is 75.1 Å². The number of allylic oxidation sites excluding steroid dienone is 3. The highest BCUT2D eigenvalue weighted by Gasteiger charge is 2.47. The van der Waals surface area contributed by atoms with E-state index >= 15 is 0 Å². The highest BCUT2D eigenvalue weighted by atomic mass is 32.2. The number of benzene rings is 3. The van der Waals surface area contributed by atoms with E-state index in [1.807, 2.05) is 63.3 Å². The number of anilines is 2. The average Bonchev–Trinajstić information content (AvgIpc) is 3.94. The fourth-order valence-electron chi connectivity index (χ4n) is 9.44. The third-order valence-corrected chi connectivity index (χ3v) is 18.0. The van der Waals surface area contributed by atoms with Gasteiger partial charge in [0, 0.05) is 58.7 Å². The Hall–Kier alpha value is -5.94. The zero-order valence-electron chi connectivity index (χ0n) is 44.1. The average molecular weight is 1190 g/mol. The molecule has 2 unspecified atom stereocenters. The Morgan fingerprint density at radius 1 is 0.975 bits per heavy atom. The Labute approximate surface area is 460 Å². The van der Waals surface area contributed by atoms with Crippen molar-refractivity contribution < 1.29 is 83.5 Å². The number of aliphatic hydroxyl groups excluding tert-OH is 2. The lowest BCUT2D eigenvalue weighted by atomic mass is 9.83. The summed E-state index contributed by atoms with van der Waals surface area (Å²) >= 11 is 0. The van der Waals surface area contributed by atoms with Gasteiger partial charge in [0.1, 0.15) is 48.7 Å². The molecule has 0 saturated carbocycles. The van der Waals surface area contributed by atoms with Gasteiger partial charge in [-0.1, -0.05) is 74.6 Å². The first-order valence-electron chi connectivity index (χ1n) is 25.0. The summed E-state index contributed by atoms with van der Waals surface area (Å²) in [6.45, 7) is 11.2. The van der Waals surface area contributed by atoms with Crippen LogP contribution in [0, 0.1) is 24.2 Å². The van der Waals surface area contributed by atoms with Crippen molar-refractivity contribution in [3.8, 4) is 34.5 Å². The summed E-state index contributed by atoms with van der Waals surface area (Å²) in [6, 6.07) is 20.8. The van der Waals surface area contributed by atoms with Gasteiger partial charge in [0.05, 0.1) is 29.7 Å². The van der Waals surface area contributed by atoms with Crippen LogP contribution in [0.4, 0.5) is 11.5 Å². The molecule has 2 aromatic carbocycles. The lowest BCUT2D eigenvalue weighted by Gasteiger charge is -2.27. The van der Waals surface area contributed by atoms with Crippen molar-refractivity contribution >= 4 is 57.1 Å². The molecule has 25 nitrogen and oxygen atoms in total. The SMILES string of the molecule is CC[N+](CC)=c1ccc2c(/C=C/C=C3/N(CCCCCC(=O)NCC#Cc4cn([C@@H]5O[C@H](COP(=O)(O)OP(=O)(O)OP(=O)(O)O)[C@@H](O)[C@H]5O)c(=N)nc4N)c4ccc(S(=O)(=O)O)cc4C3(C)C)c(C)c(-c3ccccc3)oc-2c1. The maximum atomic E-state index is 12.9. The van der Waals surface area contributed by atoms with Crippen molar-refractivity contribution in [2.24, 2.45) is 0 Å². The Balaban J connectivity index is 0.999. The lowest BCUT2D eigenvalue weighted by molar-refractivity contribution is -0.120. The molecule has 29 heteroatoms. The number of unbranched alkanes of at least 4 members (excludes halogenated alkanes) is 2. The Kier molecular flexibility index (Phi) is 19.3. The number of nitrogen functional groups attached to an aromatic ring is 1. The number of carbonyl (C=O) groups excluding carboxylic acids is 1. The fourth-order valence-corrected chi connectivity index (χ4v) is 13.0. The number of aliphatic hydroxyl groups is 2. The minimum absolute atomic E-state index is 0.0170. The van der Waals surface area contributed by atoms with Crippen LogP contribution in [-0.4, -0.2) is 109 Å². The molecule has 0 radical (unpaired) electrons. The third kappa shape index (κ3) is 14.8. The molecule has 4 heterocycles. The van der Waals surface area contributed by atoms with Crippen LogP contribution in [-0.2, 0) is 51.9 Å². The van der Waals surface area contributed by atoms with Crippen LogP contribution >= 0.6 is 23.5 Å². The van der Waals surface area contributed by atoms with E-state index in [1.165, 1.54) is 18.3 Å². The van der Waals surface area contributed by atoms with Crippen molar-refractivity contribution in [2.75, 3.05) is 43.4 Å².